The first kappa shape index (κ1) is 23.1. The molecule has 2 N–H and O–H groups in total. The zero-order chi connectivity index (χ0) is 22.3. The number of hydrogen-bond acceptors (Lipinski definition) is 8. The molecular weight excluding hydrogens is 423 g/mol. The summed E-state index contributed by atoms with van der Waals surface area (Å²) in [5.74, 6) is 0.00218. The lowest BCUT2D eigenvalue weighted by Gasteiger charge is -2.24. The number of esters is 1. The van der Waals surface area contributed by atoms with Gasteiger partial charge in [0.2, 0.25) is 0 Å². The molecule has 0 spiro atoms. The van der Waals surface area contributed by atoms with Gasteiger partial charge in [0.05, 0.1) is 12.8 Å². The Morgan fingerprint density at radius 2 is 1.65 bits per heavy atom. The Balaban J connectivity index is 1.74. The maximum atomic E-state index is 13.5. The van der Waals surface area contributed by atoms with Gasteiger partial charge in [0, 0.05) is 0 Å². The van der Waals surface area contributed by atoms with Crippen molar-refractivity contribution in [2.24, 2.45) is 0 Å². The maximum Gasteiger partial charge on any atom is 0.513 e. The number of carbonyl (C=O) groups excluding carboxylic acids is 1. The third kappa shape index (κ3) is 6.70. The molecule has 0 radical (unpaired) electrons. The van der Waals surface area contributed by atoms with Gasteiger partial charge in [-0.2, -0.15) is 5.09 Å². The molecule has 31 heavy (non-hydrogen) atoms. The smallest absolute Gasteiger partial charge is 0.461 e. The number of para-hydroxylation sites is 1. The molecule has 168 valence electrons. The lowest BCUT2D eigenvalue weighted by Crippen LogP contribution is -2.37. The highest BCUT2D eigenvalue weighted by atomic mass is 31.2. The van der Waals surface area contributed by atoms with Crippen LogP contribution in [0.5, 0.6) is 11.5 Å². The summed E-state index contributed by atoms with van der Waals surface area (Å²) in [5.41, 5.74) is 0.343. The average molecular weight is 450 g/mol. The van der Waals surface area contributed by atoms with E-state index in [4.69, 9.17) is 18.6 Å². The van der Waals surface area contributed by atoms with Gasteiger partial charge in [-0.25, -0.2) is 4.57 Å². The van der Waals surface area contributed by atoms with Crippen molar-refractivity contribution < 1.29 is 33.2 Å². The van der Waals surface area contributed by atoms with E-state index in [0.717, 1.165) is 25.7 Å². The Morgan fingerprint density at radius 1 is 1.06 bits per heavy atom. The monoisotopic (exact) mass is 450 g/mol. The zero-order valence-corrected chi connectivity index (χ0v) is 18.4. The van der Waals surface area contributed by atoms with Crippen LogP contribution in [-0.4, -0.2) is 30.4 Å². The van der Waals surface area contributed by atoms with Crippen LogP contribution in [0, 0.1) is 0 Å². The molecule has 3 rings (SSSR count). The van der Waals surface area contributed by atoms with Crippen LogP contribution < -0.4 is 19.4 Å². The molecule has 1 aliphatic carbocycles. The number of hydrogen-bond donors (Lipinski definition) is 2. The first-order chi connectivity index (χ1) is 14.9. The highest BCUT2D eigenvalue weighted by Crippen LogP contribution is 2.45. The summed E-state index contributed by atoms with van der Waals surface area (Å²) >= 11 is 0. The number of ether oxygens (including phenoxy) is 1. The Labute approximate surface area is 181 Å². The van der Waals surface area contributed by atoms with Gasteiger partial charge < -0.3 is 13.8 Å². The van der Waals surface area contributed by atoms with Gasteiger partial charge in [-0.05, 0) is 69.0 Å². The molecule has 0 saturated heterocycles. The van der Waals surface area contributed by atoms with Crippen molar-refractivity contribution in [3.63, 3.8) is 0 Å². The van der Waals surface area contributed by atoms with Crippen molar-refractivity contribution in [1.29, 1.82) is 0 Å². The second-order valence-corrected chi connectivity index (χ2v) is 8.75. The van der Waals surface area contributed by atoms with Crippen molar-refractivity contribution >= 4 is 19.4 Å². The van der Waals surface area contributed by atoms with E-state index in [2.05, 4.69) is 5.09 Å². The van der Waals surface area contributed by atoms with Crippen molar-refractivity contribution in [3.05, 3.63) is 54.6 Å². The fourth-order valence-electron chi connectivity index (χ4n) is 3.13. The first-order valence-electron chi connectivity index (χ1n) is 10.0. The number of anilines is 1. The van der Waals surface area contributed by atoms with Crippen LogP contribution in [0.1, 0.15) is 32.6 Å². The molecule has 0 aliphatic heterocycles. The van der Waals surface area contributed by atoms with E-state index in [0.29, 0.717) is 16.7 Å². The van der Waals surface area contributed by atoms with Gasteiger partial charge in [0.1, 0.15) is 23.6 Å². The Hall–Kier alpha value is -2.58. The van der Waals surface area contributed by atoms with E-state index in [-0.39, 0.29) is 11.9 Å². The third-order valence-electron chi connectivity index (χ3n) is 4.72. The minimum atomic E-state index is -4.02. The van der Waals surface area contributed by atoms with Crippen molar-refractivity contribution in [2.45, 2.75) is 44.8 Å². The van der Waals surface area contributed by atoms with Gasteiger partial charge >= 0.3 is 13.7 Å². The molecule has 0 aromatic heterocycles. The fraction of sp³-hybridized carbons (Fsp3) is 0.381. The van der Waals surface area contributed by atoms with Crippen LogP contribution in [0.15, 0.2) is 54.6 Å². The summed E-state index contributed by atoms with van der Waals surface area (Å²) in [6.45, 7) is 1.55. The maximum absolute atomic E-state index is 13.5. The van der Waals surface area contributed by atoms with Crippen molar-refractivity contribution in [2.75, 3.05) is 12.3 Å². The number of carbonyl (C=O) groups is 1. The van der Waals surface area contributed by atoms with Crippen LogP contribution >= 0.6 is 7.75 Å². The molecule has 0 bridgehead atoms. The lowest BCUT2D eigenvalue weighted by molar-refractivity contribution is -0.150. The molecule has 0 amide bonds. The minimum absolute atomic E-state index is 0.109. The number of nitrogens with zero attached hydrogens (tertiary/aromatic N) is 1. The molecule has 10 heteroatoms. The van der Waals surface area contributed by atoms with E-state index in [1.54, 1.807) is 37.3 Å². The molecule has 1 saturated carbocycles. The summed E-state index contributed by atoms with van der Waals surface area (Å²) in [4.78, 5) is 17.2. The van der Waals surface area contributed by atoms with E-state index in [9.17, 15) is 14.6 Å². The van der Waals surface area contributed by atoms with Crippen LogP contribution in [0.2, 0.25) is 0 Å². The number of benzene rings is 2. The van der Waals surface area contributed by atoms with Crippen LogP contribution in [0.3, 0.4) is 0 Å². The first-order valence-corrected chi connectivity index (χ1v) is 11.6. The van der Waals surface area contributed by atoms with Crippen LogP contribution in [-0.2, 0) is 18.9 Å². The third-order valence-corrected chi connectivity index (χ3v) is 6.32. The quantitative estimate of drug-likeness (QED) is 0.308. The van der Waals surface area contributed by atoms with E-state index < -0.39 is 19.8 Å². The highest BCUT2D eigenvalue weighted by Gasteiger charge is 2.34. The number of rotatable bonds is 10. The number of nitrogens with one attached hydrogen (secondary N) is 1. The second-order valence-electron chi connectivity index (χ2n) is 7.14. The summed E-state index contributed by atoms with van der Waals surface area (Å²) in [5, 5.41) is 12.8. The SMILES string of the molecule is CON(O)c1ccc(O[P@](=O)(N[C@@H](C)C(=O)OC2CCCC2)Oc2ccccc2)cc1. The average Bonchev–Trinajstić information content (AvgIpc) is 3.27. The molecule has 1 fully saturated rings. The lowest BCUT2D eigenvalue weighted by atomic mass is 10.3. The van der Waals surface area contributed by atoms with Crippen molar-refractivity contribution in [3.8, 4) is 11.5 Å². The molecule has 9 nitrogen and oxygen atoms in total. The van der Waals surface area contributed by atoms with Gasteiger partial charge in [0.25, 0.3) is 0 Å². The molecule has 2 aromatic rings. The molecule has 2 atom stereocenters. The van der Waals surface area contributed by atoms with Gasteiger partial charge in [-0.1, -0.05) is 18.2 Å². The van der Waals surface area contributed by atoms with Crippen LogP contribution in [0.4, 0.5) is 5.69 Å². The predicted molar refractivity (Wildman–Crippen MR) is 114 cm³/mol. The molecule has 2 aromatic carbocycles. The molecule has 0 heterocycles. The van der Waals surface area contributed by atoms with E-state index >= 15 is 0 Å². The standard InChI is InChI=1S/C21H27N2O7P/c1-16(21(24)28-18-8-6-7-9-18)22-31(26,29-19-10-4-3-5-11-19)30-20-14-12-17(13-15-20)23(25)27-2/h3-5,10-16,18,25H,6-9H2,1-2H3,(H,22,26)/t16-,31-/m0/s1. The van der Waals surface area contributed by atoms with E-state index in [1.165, 1.54) is 31.4 Å². The Morgan fingerprint density at radius 3 is 2.23 bits per heavy atom. The molecule has 0 unspecified atom stereocenters. The summed E-state index contributed by atoms with van der Waals surface area (Å²) in [6, 6.07) is 13.6. The van der Waals surface area contributed by atoms with Gasteiger partial charge in [-0.15, -0.1) is 5.23 Å². The highest BCUT2D eigenvalue weighted by molar-refractivity contribution is 7.52. The minimum Gasteiger partial charge on any atom is -0.461 e. The Bertz CT molecular complexity index is 888. The van der Waals surface area contributed by atoms with Crippen LogP contribution in [0.25, 0.3) is 0 Å². The van der Waals surface area contributed by atoms with Gasteiger partial charge in [0.15, 0.2) is 0 Å². The normalized spacial score (nSPS) is 16.9. The fourth-order valence-corrected chi connectivity index (χ4v) is 4.65. The summed E-state index contributed by atoms with van der Waals surface area (Å²) in [7, 11) is -2.71. The molecular formula is C21H27N2O7P. The second kappa shape index (κ2) is 10.6. The van der Waals surface area contributed by atoms with Gasteiger partial charge in [-0.3, -0.25) is 14.8 Å². The largest absolute Gasteiger partial charge is 0.513 e. The molecule has 1 aliphatic rings. The summed E-state index contributed by atoms with van der Waals surface area (Å²) < 4.78 is 30.3. The summed E-state index contributed by atoms with van der Waals surface area (Å²) in [6.07, 6.45) is 3.62. The topological polar surface area (TPSA) is 107 Å². The van der Waals surface area contributed by atoms with E-state index in [1.807, 2.05) is 0 Å². The van der Waals surface area contributed by atoms with Crippen molar-refractivity contribution in [1.82, 2.24) is 5.09 Å². The zero-order valence-electron chi connectivity index (χ0n) is 17.5. The Kier molecular flexibility index (Phi) is 7.92. The predicted octanol–water partition coefficient (Wildman–Crippen LogP) is 4.47.